The van der Waals surface area contributed by atoms with Crippen LogP contribution in [0.4, 0.5) is 0 Å². The van der Waals surface area contributed by atoms with Crippen LogP contribution in [0.25, 0.3) is 10.4 Å². The lowest BCUT2D eigenvalue weighted by Crippen LogP contribution is -2.51. The molecule has 9 heteroatoms. The van der Waals surface area contributed by atoms with E-state index in [2.05, 4.69) is 43.9 Å². The Morgan fingerprint density at radius 1 is 0.738 bits per heavy atom. The maximum atomic E-state index is 11.5. The molecule has 0 radical (unpaired) electrons. The standard InChI is InChI=1S/C33H45N3O5Si/c1-33(2,3)42(4,5)41-24-29(35-36-34)31(39-22-27-17-11-7-12-18-27)32(40-23-28-19-13-8-14-20-28)30(37)25-38-21-26-15-9-6-10-16-26/h6-20,29-32,37H,21-25H2,1-5H3/t29-,30+,31+,32-/m0/s1. The van der Waals surface area contributed by atoms with Gasteiger partial charge in [-0.05, 0) is 40.4 Å². The van der Waals surface area contributed by atoms with E-state index in [1.807, 2.05) is 91.0 Å². The largest absolute Gasteiger partial charge is 0.416 e. The van der Waals surface area contributed by atoms with Crippen molar-refractivity contribution in [2.75, 3.05) is 13.2 Å². The molecule has 1 N–H and O–H groups in total. The van der Waals surface area contributed by atoms with Gasteiger partial charge in [-0.25, -0.2) is 0 Å². The molecule has 0 fully saturated rings. The molecule has 3 rings (SSSR count). The summed E-state index contributed by atoms with van der Waals surface area (Å²) >= 11 is 0. The third kappa shape index (κ3) is 10.7. The molecule has 0 unspecified atom stereocenters. The van der Waals surface area contributed by atoms with E-state index in [0.717, 1.165) is 16.7 Å². The smallest absolute Gasteiger partial charge is 0.191 e. The number of aliphatic hydroxyl groups is 1. The Morgan fingerprint density at radius 3 is 1.64 bits per heavy atom. The number of hydrogen-bond acceptors (Lipinski definition) is 6. The zero-order chi connectivity index (χ0) is 30.4. The Balaban J connectivity index is 1.89. The molecule has 0 heterocycles. The summed E-state index contributed by atoms with van der Waals surface area (Å²) in [6.45, 7) is 11.7. The Hall–Kier alpha value is -3.01. The van der Waals surface area contributed by atoms with E-state index in [-0.39, 0.29) is 31.5 Å². The van der Waals surface area contributed by atoms with Gasteiger partial charge in [0.2, 0.25) is 0 Å². The summed E-state index contributed by atoms with van der Waals surface area (Å²) in [4.78, 5) is 3.15. The first-order valence-corrected chi connectivity index (χ1v) is 17.3. The van der Waals surface area contributed by atoms with Gasteiger partial charge in [0.15, 0.2) is 8.32 Å². The second-order valence-electron chi connectivity index (χ2n) is 11.9. The number of aliphatic hydroxyl groups excluding tert-OH is 1. The van der Waals surface area contributed by atoms with E-state index < -0.39 is 32.7 Å². The highest BCUT2D eigenvalue weighted by molar-refractivity contribution is 6.74. The van der Waals surface area contributed by atoms with Gasteiger partial charge in [-0.15, -0.1) is 0 Å². The Kier molecular flexibility index (Phi) is 13.2. The lowest BCUT2D eigenvalue weighted by Gasteiger charge is -2.39. The minimum atomic E-state index is -2.19. The molecule has 0 aliphatic rings. The van der Waals surface area contributed by atoms with Crippen LogP contribution in [0.1, 0.15) is 37.5 Å². The Morgan fingerprint density at radius 2 is 1.19 bits per heavy atom. The molecule has 0 aromatic heterocycles. The molecule has 0 amide bonds. The van der Waals surface area contributed by atoms with Crippen molar-refractivity contribution in [3.8, 4) is 0 Å². The number of azide groups is 1. The molecule has 3 aromatic carbocycles. The minimum Gasteiger partial charge on any atom is -0.416 e. The molecule has 226 valence electrons. The quantitative estimate of drug-likeness (QED) is 0.0760. The molecular weight excluding hydrogens is 546 g/mol. The minimum absolute atomic E-state index is 0.00558. The van der Waals surface area contributed by atoms with Gasteiger partial charge in [-0.1, -0.05) is 117 Å². The van der Waals surface area contributed by atoms with Crippen molar-refractivity contribution in [1.82, 2.24) is 0 Å². The molecule has 0 saturated heterocycles. The van der Waals surface area contributed by atoms with Crippen molar-refractivity contribution in [1.29, 1.82) is 0 Å². The number of rotatable bonds is 17. The third-order valence-electron chi connectivity index (χ3n) is 7.67. The van der Waals surface area contributed by atoms with Crippen molar-refractivity contribution in [3.05, 3.63) is 118 Å². The fourth-order valence-corrected chi connectivity index (χ4v) is 5.14. The fraction of sp³-hybridized carbons (Fsp3) is 0.455. The van der Waals surface area contributed by atoms with E-state index in [1.165, 1.54) is 0 Å². The lowest BCUT2D eigenvalue weighted by molar-refractivity contribution is -0.155. The Bertz CT molecular complexity index is 1220. The highest BCUT2D eigenvalue weighted by Gasteiger charge is 2.41. The van der Waals surface area contributed by atoms with E-state index in [1.54, 1.807) is 0 Å². The van der Waals surface area contributed by atoms with Crippen molar-refractivity contribution >= 4 is 8.32 Å². The van der Waals surface area contributed by atoms with Gasteiger partial charge in [0.25, 0.3) is 0 Å². The fourth-order valence-electron chi connectivity index (χ4n) is 4.12. The van der Waals surface area contributed by atoms with Gasteiger partial charge in [0, 0.05) is 11.5 Å². The summed E-state index contributed by atoms with van der Waals surface area (Å²) in [5.41, 5.74) is 12.5. The first-order valence-electron chi connectivity index (χ1n) is 14.4. The molecule has 0 bridgehead atoms. The van der Waals surface area contributed by atoms with Gasteiger partial charge < -0.3 is 23.7 Å². The highest BCUT2D eigenvalue weighted by Crippen LogP contribution is 2.37. The van der Waals surface area contributed by atoms with Crippen molar-refractivity contribution in [3.63, 3.8) is 0 Å². The second kappa shape index (κ2) is 16.6. The topological polar surface area (TPSA) is 106 Å². The summed E-state index contributed by atoms with van der Waals surface area (Å²) in [6.07, 6.45) is -2.75. The van der Waals surface area contributed by atoms with Gasteiger partial charge >= 0.3 is 0 Å². The van der Waals surface area contributed by atoms with Crippen LogP contribution in [0.3, 0.4) is 0 Å². The number of ether oxygens (including phenoxy) is 3. The molecule has 42 heavy (non-hydrogen) atoms. The first kappa shape index (κ1) is 33.5. The van der Waals surface area contributed by atoms with Gasteiger partial charge in [-0.3, -0.25) is 0 Å². The van der Waals surface area contributed by atoms with Crippen LogP contribution in [0.2, 0.25) is 18.1 Å². The number of nitrogens with zero attached hydrogens (tertiary/aromatic N) is 3. The van der Waals surface area contributed by atoms with E-state index in [9.17, 15) is 10.6 Å². The summed E-state index contributed by atoms with van der Waals surface area (Å²) in [5.74, 6) is 0. The number of hydrogen-bond donors (Lipinski definition) is 1. The number of benzene rings is 3. The average Bonchev–Trinajstić information content (AvgIpc) is 2.98. The summed E-state index contributed by atoms with van der Waals surface area (Å²) < 4.78 is 25.3. The van der Waals surface area contributed by atoms with Crippen LogP contribution in [0.5, 0.6) is 0 Å². The highest BCUT2D eigenvalue weighted by atomic mass is 28.4. The molecule has 0 aliphatic carbocycles. The molecule has 0 spiro atoms. The first-order chi connectivity index (χ1) is 20.1. The second-order valence-corrected chi connectivity index (χ2v) is 16.7. The lowest BCUT2D eigenvalue weighted by atomic mass is 10.0. The van der Waals surface area contributed by atoms with Crippen molar-refractivity contribution in [2.24, 2.45) is 5.11 Å². The maximum Gasteiger partial charge on any atom is 0.191 e. The van der Waals surface area contributed by atoms with Gasteiger partial charge in [-0.2, -0.15) is 0 Å². The molecule has 0 aliphatic heterocycles. The van der Waals surface area contributed by atoms with E-state index in [0.29, 0.717) is 6.61 Å². The molecule has 4 atom stereocenters. The third-order valence-corrected chi connectivity index (χ3v) is 12.2. The summed E-state index contributed by atoms with van der Waals surface area (Å²) in [6, 6.07) is 28.5. The summed E-state index contributed by atoms with van der Waals surface area (Å²) in [7, 11) is -2.19. The maximum absolute atomic E-state index is 11.5. The zero-order valence-electron chi connectivity index (χ0n) is 25.4. The predicted molar refractivity (Wildman–Crippen MR) is 168 cm³/mol. The van der Waals surface area contributed by atoms with Crippen LogP contribution in [-0.4, -0.2) is 51.0 Å². The molecule has 3 aromatic rings. The molecule has 0 saturated carbocycles. The normalized spacial score (nSPS) is 14.9. The summed E-state index contributed by atoms with van der Waals surface area (Å²) in [5, 5.41) is 15.6. The average molecular weight is 592 g/mol. The van der Waals surface area contributed by atoms with Crippen molar-refractivity contribution < 1.29 is 23.7 Å². The van der Waals surface area contributed by atoms with Crippen LogP contribution in [-0.2, 0) is 38.5 Å². The monoisotopic (exact) mass is 591 g/mol. The zero-order valence-corrected chi connectivity index (χ0v) is 26.4. The molecular formula is C33H45N3O5Si. The van der Waals surface area contributed by atoms with E-state index in [4.69, 9.17) is 18.6 Å². The van der Waals surface area contributed by atoms with Crippen LogP contribution >= 0.6 is 0 Å². The predicted octanol–water partition coefficient (Wildman–Crippen LogP) is 7.44. The van der Waals surface area contributed by atoms with Crippen LogP contribution < -0.4 is 0 Å². The SMILES string of the molecule is CC(C)(C)[Si](C)(C)OC[C@H](N=[N+]=[N-])[C@@H](OCc1ccccc1)[C@@H](OCc1ccccc1)[C@H](O)COCc1ccccc1. The van der Waals surface area contributed by atoms with E-state index >= 15 is 0 Å². The van der Waals surface area contributed by atoms with Crippen molar-refractivity contribution in [2.45, 2.75) is 83.1 Å². The van der Waals surface area contributed by atoms with Crippen LogP contribution in [0, 0.1) is 0 Å². The van der Waals surface area contributed by atoms with Crippen LogP contribution in [0.15, 0.2) is 96.1 Å². The van der Waals surface area contributed by atoms with Gasteiger partial charge in [0.05, 0.1) is 38.6 Å². The van der Waals surface area contributed by atoms with Gasteiger partial charge in [0.1, 0.15) is 12.2 Å². The Labute approximate surface area is 251 Å². The molecule has 8 nitrogen and oxygen atoms in total.